The van der Waals surface area contributed by atoms with E-state index in [0.29, 0.717) is 0 Å². The molecule has 3 aromatic rings. The molecule has 2 heteroatoms. The Morgan fingerprint density at radius 3 is 2.35 bits per heavy atom. The van der Waals surface area contributed by atoms with Crippen LogP contribution in [-0.2, 0) is 6.54 Å². The summed E-state index contributed by atoms with van der Waals surface area (Å²) in [4.78, 5) is 1.29. The van der Waals surface area contributed by atoms with E-state index in [0.717, 1.165) is 12.2 Å². The minimum Gasteiger partial charge on any atom is -0.381 e. The predicted octanol–water partition coefficient (Wildman–Crippen LogP) is 5.17. The molecule has 0 amide bonds. The zero-order valence-electron chi connectivity index (χ0n) is 11.5. The molecule has 0 aliphatic rings. The van der Waals surface area contributed by atoms with E-state index >= 15 is 0 Å². The van der Waals surface area contributed by atoms with Crippen molar-refractivity contribution in [1.29, 1.82) is 0 Å². The molecule has 20 heavy (non-hydrogen) atoms. The van der Waals surface area contributed by atoms with Crippen LogP contribution in [0.5, 0.6) is 0 Å². The first-order chi connectivity index (χ1) is 9.85. The van der Waals surface area contributed by atoms with Gasteiger partial charge < -0.3 is 5.32 Å². The highest BCUT2D eigenvalue weighted by molar-refractivity contribution is 7.98. The summed E-state index contributed by atoms with van der Waals surface area (Å²) >= 11 is 1.77. The number of fused-ring (bicyclic) bond motifs is 1. The summed E-state index contributed by atoms with van der Waals surface area (Å²) in [6.07, 6.45) is 2.09. The van der Waals surface area contributed by atoms with E-state index in [1.807, 2.05) is 0 Å². The number of rotatable bonds is 4. The van der Waals surface area contributed by atoms with Crippen molar-refractivity contribution in [2.45, 2.75) is 11.4 Å². The van der Waals surface area contributed by atoms with Crippen LogP contribution in [0.3, 0.4) is 0 Å². The first-order valence-electron chi connectivity index (χ1n) is 6.71. The van der Waals surface area contributed by atoms with Gasteiger partial charge in [-0.15, -0.1) is 11.8 Å². The van der Waals surface area contributed by atoms with Crippen LogP contribution in [0.1, 0.15) is 5.56 Å². The second-order valence-electron chi connectivity index (χ2n) is 4.76. The molecule has 0 aliphatic heterocycles. The number of benzene rings is 3. The molecule has 1 N–H and O–H groups in total. The van der Waals surface area contributed by atoms with Gasteiger partial charge in [0.05, 0.1) is 0 Å². The van der Waals surface area contributed by atoms with Crippen molar-refractivity contribution in [3.63, 3.8) is 0 Å². The Kier molecular flexibility index (Phi) is 3.93. The summed E-state index contributed by atoms with van der Waals surface area (Å²) in [6.45, 7) is 0.851. The van der Waals surface area contributed by atoms with Crippen LogP contribution in [0.4, 0.5) is 5.69 Å². The third-order valence-corrected chi connectivity index (χ3v) is 4.14. The lowest BCUT2D eigenvalue weighted by molar-refractivity contribution is 1.15. The van der Waals surface area contributed by atoms with Gasteiger partial charge in [0, 0.05) is 17.1 Å². The van der Waals surface area contributed by atoms with Gasteiger partial charge in [0.2, 0.25) is 0 Å². The molecular weight excluding hydrogens is 262 g/mol. The maximum absolute atomic E-state index is 3.47. The van der Waals surface area contributed by atoms with Gasteiger partial charge in [-0.1, -0.05) is 36.4 Å². The van der Waals surface area contributed by atoms with E-state index in [1.165, 1.54) is 21.2 Å². The lowest BCUT2D eigenvalue weighted by Crippen LogP contribution is -1.98. The lowest BCUT2D eigenvalue weighted by atomic mass is 10.1. The Morgan fingerprint density at radius 1 is 0.850 bits per heavy atom. The number of anilines is 1. The Bertz CT molecular complexity index is 704. The molecule has 0 saturated heterocycles. The molecule has 100 valence electrons. The standard InChI is InChI=1S/C18H17NS/c1-20-18-10-8-17(9-11-18)19-13-14-6-7-15-4-2-3-5-16(15)12-14/h2-12,19H,13H2,1H3. The lowest BCUT2D eigenvalue weighted by Gasteiger charge is -2.08. The molecule has 0 aliphatic carbocycles. The molecule has 0 radical (unpaired) electrons. The van der Waals surface area contributed by atoms with E-state index in [9.17, 15) is 0 Å². The van der Waals surface area contributed by atoms with Crippen LogP contribution in [0.15, 0.2) is 71.6 Å². The first-order valence-corrected chi connectivity index (χ1v) is 7.93. The summed E-state index contributed by atoms with van der Waals surface area (Å²) in [6, 6.07) is 23.6. The first kappa shape index (κ1) is 13.1. The van der Waals surface area contributed by atoms with Crippen molar-refractivity contribution in [3.8, 4) is 0 Å². The monoisotopic (exact) mass is 279 g/mol. The smallest absolute Gasteiger partial charge is 0.0401 e. The summed E-state index contributed by atoms with van der Waals surface area (Å²) in [5, 5.41) is 6.06. The Labute approximate surface area is 124 Å². The van der Waals surface area contributed by atoms with E-state index < -0.39 is 0 Å². The van der Waals surface area contributed by atoms with Gasteiger partial charge in [0.25, 0.3) is 0 Å². The summed E-state index contributed by atoms with van der Waals surface area (Å²) in [5.74, 6) is 0. The third kappa shape index (κ3) is 2.97. The molecule has 3 rings (SSSR count). The summed E-state index contributed by atoms with van der Waals surface area (Å²) < 4.78 is 0. The normalized spacial score (nSPS) is 10.7. The molecule has 1 nitrogen and oxygen atoms in total. The van der Waals surface area contributed by atoms with Crippen molar-refractivity contribution >= 4 is 28.2 Å². The molecule has 0 fully saturated rings. The number of nitrogens with one attached hydrogen (secondary N) is 1. The number of thioether (sulfide) groups is 1. The Morgan fingerprint density at radius 2 is 1.60 bits per heavy atom. The SMILES string of the molecule is CSc1ccc(NCc2ccc3ccccc3c2)cc1. The quantitative estimate of drug-likeness (QED) is 0.661. The van der Waals surface area contributed by atoms with Crippen molar-refractivity contribution in [1.82, 2.24) is 0 Å². The number of hydrogen-bond acceptors (Lipinski definition) is 2. The molecular formula is C18H17NS. The van der Waals surface area contributed by atoms with E-state index in [4.69, 9.17) is 0 Å². The fraction of sp³-hybridized carbons (Fsp3) is 0.111. The molecule has 0 heterocycles. The van der Waals surface area contributed by atoms with Gasteiger partial charge >= 0.3 is 0 Å². The highest BCUT2D eigenvalue weighted by Gasteiger charge is 1.97. The summed E-state index contributed by atoms with van der Waals surface area (Å²) in [7, 11) is 0. The highest BCUT2D eigenvalue weighted by atomic mass is 32.2. The molecule has 0 spiro atoms. The van der Waals surface area contributed by atoms with Crippen LogP contribution in [0, 0.1) is 0 Å². The van der Waals surface area contributed by atoms with Gasteiger partial charge in [-0.25, -0.2) is 0 Å². The topological polar surface area (TPSA) is 12.0 Å². The molecule has 0 unspecified atom stereocenters. The van der Waals surface area contributed by atoms with Crippen molar-refractivity contribution < 1.29 is 0 Å². The van der Waals surface area contributed by atoms with Gasteiger partial charge in [-0.05, 0) is 52.9 Å². The molecule has 0 atom stereocenters. The molecule has 3 aromatic carbocycles. The van der Waals surface area contributed by atoms with E-state index in [-0.39, 0.29) is 0 Å². The molecule has 0 aromatic heterocycles. The fourth-order valence-corrected chi connectivity index (χ4v) is 2.67. The van der Waals surface area contributed by atoms with Crippen LogP contribution in [-0.4, -0.2) is 6.26 Å². The second kappa shape index (κ2) is 6.02. The van der Waals surface area contributed by atoms with Crippen LogP contribution >= 0.6 is 11.8 Å². The van der Waals surface area contributed by atoms with E-state index in [2.05, 4.69) is 78.3 Å². The minimum atomic E-state index is 0.851. The van der Waals surface area contributed by atoms with Crippen LogP contribution in [0.25, 0.3) is 10.8 Å². The molecule has 0 saturated carbocycles. The third-order valence-electron chi connectivity index (χ3n) is 3.40. The largest absolute Gasteiger partial charge is 0.381 e. The van der Waals surface area contributed by atoms with Crippen molar-refractivity contribution in [2.24, 2.45) is 0 Å². The van der Waals surface area contributed by atoms with Gasteiger partial charge in [0.15, 0.2) is 0 Å². The minimum absolute atomic E-state index is 0.851. The molecule has 0 bridgehead atoms. The predicted molar refractivity (Wildman–Crippen MR) is 89.5 cm³/mol. The highest BCUT2D eigenvalue weighted by Crippen LogP contribution is 2.19. The average molecular weight is 279 g/mol. The van der Waals surface area contributed by atoms with Crippen LogP contribution in [0.2, 0.25) is 0 Å². The van der Waals surface area contributed by atoms with Gasteiger partial charge in [-0.3, -0.25) is 0 Å². The zero-order chi connectivity index (χ0) is 13.8. The van der Waals surface area contributed by atoms with Crippen LogP contribution < -0.4 is 5.32 Å². The average Bonchev–Trinajstić information content (AvgIpc) is 2.53. The maximum atomic E-state index is 3.47. The number of hydrogen-bond donors (Lipinski definition) is 1. The van der Waals surface area contributed by atoms with Crippen molar-refractivity contribution in [2.75, 3.05) is 11.6 Å². The van der Waals surface area contributed by atoms with E-state index in [1.54, 1.807) is 11.8 Å². The Balaban J connectivity index is 1.72. The maximum Gasteiger partial charge on any atom is 0.0401 e. The van der Waals surface area contributed by atoms with Gasteiger partial charge in [0.1, 0.15) is 0 Å². The second-order valence-corrected chi connectivity index (χ2v) is 5.64. The Hall–Kier alpha value is -1.93. The summed E-state index contributed by atoms with van der Waals surface area (Å²) in [5.41, 5.74) is 2.47. The van der Waals surface area contributed by atoms with Gasteiger partial charge in [-0.2, -0.15) is 0 Å². The van der Waals surface area contributed by atoms with Crippen molar-refractivity contribution in [3.05, 3.63) is 72.3 Å². The fourth-order valence-electron chi connectivity index (χ4n) is 2.26. The zero-order valence-corrected chi connectivity index (χ0v) is 12.3.